The molecule has 0 heterocycles. The minimum atomic E-state index is -0.398. The van der Waals surface area contributed by atoms with Gasteiger partial charge in [0, 0.05) is 5.56 Å². The number of aliphatic imine (C=N–C) groups is 1. The van der Waals surface area contributed by atoms with Crippen molar-refractivity contribution in [2.24, 2.45) is 4.99 Å². The number of hydrogen-bond acceptors (Lipinski definition) is 1. The molecule has 0 fully saturated rings. The minimum absolute atomic E-state index is 0.230. The molecule has 0 unspecified atom stereocenters. The van der Waals surface area contributed by atoms with Crippen molar-refractivity contribution in [1.82, 2.24) is 0 Å². The molecule has 0 radical (unpaired) electrons. The van der Waals surface area contributed by atoms with Gasteiger partial charge in [0.05, 0.1) is 0 Å². The van der Waals surface area contributed by atoms with Crippen molar-refractivity contribution in [3.8, 4) is 0 Å². The van der Waals surface area contributed by atoms with Crippen LogP contribution in [0.3, 0.4) is 0 Å². The molecule has 1 aromatic rings. The lowest BCUT2D eigenvalue weighted by Gasteiger charge is -2.02. The van der Waals surface area contributed by atoms with Gasteiger partial charge < -0.3 is 5.53 Å². The Morgan fingerprint density at radius 2 is 2.00 bits per heavy atom. The Bertz CT molecular complexity index is 673. The number of ketones is 1. The van der Waals surface area contributed by atoms with E-state index in [9.17, 15) is 4.79 Å². The molecule has 0 saturated carbocycles. The first kappa shape index (κ1) is 14.0. The molecular weight excluding hydrogens is 278 g/mol. The molecule has 1 N–H and O–H groups in total. The van der Waals surface area contributed by atoms with Gasteiger partial charge in [-0.15, -0.1) is 0 Å². The Morgan fingerprint density at radius 3 is 2.60 bits per heavy atom. The van der Waals surface area contributed by atoms with E-state index in [0.717, 1.165) is 0 Å². The number of hydrogen-bond donors (Lipinski definition) is 1. The first-order valence-electron chi connectivity index (χ1n) is 5.74. The number of amides is 1. The first-order chi connectivity index (χ1) is 9.65. The van der Waals surface area contributed by atoms with Crippen molar-refractivity contribution in [3.05, 3.63) is 64.3 Å². The Labute approximate surface area is 120 Å². The third-order valence-corrected chi connectivity index (χ3v) is 2.94. The molecule has 100 valence electrons. The maximum Gasteiger partial charge on any atom is 0.375 e. The van der Waals surface area contributed by atoms with Crippen LogP contribution >= 0.6 is 11.6 Å². The Hall–Kier alpha value is -2.40. The van der Waals surface area contributed by atoms with Crippen molar-refractivity contribution in [2.45, 2.75) is 0 Å². The molecule has 0 aliphatic heterocycles. The second-order valence-electron chi connectivity index (χ2n) is 3.90. The zero-order valence-electron chi connectivity index (χ0n) is 10.6. The molecule has 0 aromatic heterocycles. The van der Waals surface area contributed by atoms with E-state index in [1.807, 2.05) is 11.2 Å². The fourth-order valence-electron chi connectivity index (χ4n) is 1.63. The van der Waals surface area contributed by atoms with Crippen molar-refractivity contribution >= 4 is 29.0 Å². The highest BCUT2D eigenvalue weighted by atomic mass is 35.5. The van der Waals surface area contributed by atoms with Gasteiger partial charge in [-0.1, -0.05) is 29.8 Å². The van der Waals surface area contributed by atoms with Crippen LogP contribution in [-0.2, 0) is 4.42 Å². The van der Waals surface area contributed by atoms with Crippen LogP contribution in [0.25, 0.3) is 5.53 Å². The minimum Gasteiger partial charge on any atom is -0.502 e. The number of carbonyl (C=O) groups excluding carboxylic acids is 2. The lowest BCUT2D eigenvalue weighted by Crippen LogP contribution is -2.61. The van der Waals surface area contributed by atoms with Gasteiger partial charge in [-0.05, 0) is 18.2 Å². The quantitative estimate of drug-likeness (QED) is 0.494. The lowest BCUT2D eigenvalue weighted by molar-refractivity contribution is -0.423. The predicted molar refractivity (Wildman–Crippen MR) is 75.5 cm³/mol. The Balaban J connectivity index is 2.38. The SMILES string of the molecule is C[O+]=C1C=C([NH+]=[N-])C(Cl)=CC1=NC(=O)c1ccccc1. The normalized spacial score (nSPS) is 18.7. The topological polar surface area (TPSA) is 77.0 Å². The zero-order valence-corrected chi connectivity index (χ0v) is 11.4. The molecule has 1 amide bonds. The molecule has 20 heavy (non-hydrogen) atoms. The van der Waals surface area contributed by atoms with Gasteiger partial charge in [0.25, 0.3) is 13.0 Å². The molecule has 0 saturated heterocycles. The van der Waals surface area contributed by atoms with E-state index >= 15 is 0 Å². The smallest absolute Gasteiger partial charge is 0.375 e. The zero-order chi connectivity index (χ0) is 14.5. The summed E-state index contributed by atoms with van der Waals surface area (Å²) in [4.78, 5) is 16.0. The van der Waals surface area contributed by atoms with Gasteiger partial charge in [-0.2, -0.15) is 4.99 Å². The van der Waals surface area contributed by atoms with Gasteiger partial charge in [0.2, 0.25) is 5.70 Å². The monoisotopic (exact) mass is 288 g/mol. The Kier molecular flexibility index (Phi) is 4.32. The van der Waals surface area contributed by atoms with Crippen LogP contribution < -0.4 is 5.11 Å². The molecule has 6 heteroatoms. The number of allylic oxidation sites excluding steroid dienone is 3. The summed E-state index contributed by atoms with van der Waals surface area (Å²) in [6, 6.07) is 8.67. The van der Waals surface area contributed by atoms with Crippen LogP contribution in [0.1, 0.15) is 10.4 Å². The van der Waals surface area contributed by atoms with E-state index in [4.69, 9.17) is 21.6 Å². The van der Waals surface area contributed by atoms with E-state index in [-0.39, 0.29) is 10.7 Å². The van der Waals surface area contributed by atoms with Gasteiger partial charge in [0.15, 0.2) is 5.71 Å². The predicted octanol–water partition coefficient (Wildman–Crippen LogP) is 1.12. The summed E-state index contributed by atoms with van der Waals surface area (Å²) in [5, 5.41) is 2.17. The maximum absolute atomic E-state index is 12.0. The van der Waals surface area contributed by atoms with E-state index in [2.05, 4.69) is 4.99 Å². The van der Waals surface area contributed by atoms with E-state index in [1.165, 1.54) is 19.3 Å². The van der Waals surface area contributed by atoms with Gasteiger partial charge in [0.1, 0.15) is 11.1 Å². The van der Waals surface area contributed by atoms with Gasteiger partial charge in [-0.25, -0.2) is 0 Å². The lowest BCUT2D eigenvalue weighted by atomic mass is 10.1. The second kappa shape index (κ2) is 6.16. The van der Waals surface area contributed by atoms with Crippen LogP contribution in [0.2, 0.25) is 0 Å². The number of rotatable bonds is 2. The number of halogens is 1. The molecule has 0 bridgehead atoms. The third-order valence-electron chi connectivity index (χ3n) is 2.63. The van der Waals surface area contributed by atoms with Crippen molar-refractivity contribution in [2.75, 3.05) is 7.11 Å². The molecule has 2 rings (SSSR count). The fraction of sp³-hybridized carbons (Fsp3) is 0.0714. The van der Waals surface area contributed by atoms with Crippen molar-refractivity contribution in [1.29, 1.82) is 0 Å². The average molecular weight is 289 g/mol. The van der Waals surface area contributed by atoms with Gasteiger partial charge in [-0.3, -0.25) is 14.3 Å². The molecule has 1 aromatic carbocycles. The summed E-state index contributed by atoms with van der Waals surface area (Å²) in [6.45, 7) is 0. The first-order valence-corrected chi connectivity index (χ1v) is 6.12. The number of nitrogens with one attached hydrogen (secondary N) is 1. The summed E-state index contributed by atoms with van der Waals surface area (Å²) in [7, 11) is 1.44. The molecule has 1 aliphatic carbocycles. The molecule has 0 spiro atoms. The van der Waals surface area contributed by atoms with E-state index < -0.39 is 5.91 Å². The number of carbonyl (C=O) groups is 1. The van der Waals surface area contributed by atoms with Crippen LogP contribution in [-0.4, -0.2) is 24.5 Å². The molecule has 5 nitrogen and oxygen atoms in total. The fourth-order valence-corrected chi connectivity index (χ4v) is 1.83. The van der Waals surface area contributed by atoms with E-state index in [0.29, 0.717) is 17.1 Å². The molecule has 1 aliphatic rings. The highest BCUT2D eigenvalue weighted by molar-refractivity contribution is 6.53. The standard InChI is InChI=1S/C14H11ClN3O2/c1-20-13-8-11(18-16)10(15)7-12(13)17-14(19)9-5-3-2-4-6-9/h2-8,18H,1H3/q+1. The highest BCUT2D eigenvalue weighted by Crippen LogP contribution is 2.15. The summed E-state index contributed by atoms with van der Waals surface area (Å²) in [5.74, 6) is -0.0695. The summed E-state index contributed by atoms with van der Waals surface area (Å²) in [6.07, 6.45) is 2.90. The summed E-state index contributed by atoms with van der Waals surface area (Å²) in [5.41, 5.74) is 9.94. The third kappa shape index (κ3) is 2.95. The molecule has 0 atom stereocenters. The second-order valence-corrected chi connectivity index (χ2v) is 4.31. The van der Waals surface area contributed by atoms with Crippen LogP contribution in [0, 0.1) is 0 Å². The van der Waals surface area contributed by atoms with Crippen LogP contribution in [0.4, 0.5) is 0 Å². The van der Waals surface area contributed by atoms with Crippen molar-refractivity contribution in [3.63, 3.8) is 0 Å². The maximum atomic E-state index is 12.0. The van der Waals surface area contributed by atoms with E-state index in [1.54, 1.807) is 24.3 Å². The summed E-state index contributed by atoms with van der Waals surface area (Å²) < 4.78 is 5.12. The van der Waals surface area contributed by atoms with Gasteiger partial charge >= 0.3 is 5.78 Å². The average Bonchev–Trinajstić information content (AvgIpc) is 2.48. The van der Waals surface area contributed by atoms with Crippen LogP contribution in [0.15, 0.2) is 58.2 Å². The number of benzene rings is 1. The van der Waals surface area contributed by atoms with Crippen molar-refractivity contribution < 1.29 is 14.3 Å². The largest absolute Gasteiger partial charge is 0.502 e. The number of nitrogens with zero attached hydrogens (tertiary/aromatic N) is 2. The Morgan fingerprint density at radius 1 is 1.30 bits per heavy atom. The highest BCUT2D eigenvalue weighted by Gasteiger charge is 2.26. The molecular formula is C14H11ClN3O2+. The van der Waals surface area contributed by atoms with Crippen LogP contribution in [0.5, 0.6) is 0 Å². The summed E-state index contributed by atoms with van der Waals surface area (Å²) >= 11 is 5.94.